The highest BCUT2D eigenvalue weighted by Gasteiger charge is 2.69. The van der Waals surface area contributed by atoms with Gasteiger partial charge in [0.05, 0.1) is 11.8 Å². The minimum Gasteiger partial charge on any atom is -0.323 e. The number of imide groups is 1. The number of hydrogen-bond acceptors (Lipinski definition) is 3. The highest BCUT2D eigenvalue weighted by Crippen LogP contribution is 2.58. The van der Waals surface area contributed by atoms with E-state index in [1.165, 1.54) is 11.9 Å². The molecule has 0 unspecified atom stereocenters. The smallest absolute Gasteiger partial charge is 0.255 e. The van der Waals surface area contributed by atoms with Crippen LogP contribution in [0.2, 0.25) is 0 Å². The molecule has 0 N–H and O–H groups in total. The van der Waals surface area contributed by atoms with E-state index in [-0.39, 0.29) is 24.3 Å². The van der Waals surface area contributed by atoms with E-state index in [2.05, 4.69) is 0 Å². The molecule has 2 fully saturated rings. The number of hydrogen-bond donors (Lipinski definition) is 0. The lowest BCUT2D eigenvalue weighted by Crippen LogP contribution is -2.47. The van der Waals surface area contributed by atoms with Crippen LogP contribution < -0.4 is 0 Å². The van der Waals surface area contributed by atoms with Gasteiger partial charge in [-0.1, -0.05) is 48.5 Å². The van der Waals surface area contributed by atoms with E-state index in [4.69, 9.17) is 0 Å². The van der Waals surface area contributed by atoms with Gasteiger partial charge in [0, 0.05) is 19.2 Å². The Bertz CT molecular complexity index is 939. The van der Waals surface area contributed by atoms with Crippen molar-refractivity contribution in [3.05, 3.63) is 71.3 Å². The van der Waals surface area contributed by atoms with Crippen LogP contribution >= 0.6 is 0 Å². The second-order valence-electron chi connectivity index (χ2n) is 6.91. The largest absolute Gasteiger partial charge is 0.323 e. The van der Waals surface area contributed by atoms with Gasteiger partial charge in [-0.05, 0) is 17.2 Å². The van der Waals surface area contributed by atoms with E-state index in [9.17, 15) is 14.4 Å². The molecule has 0 radical (unpaired) electrons. The number of carbonyl (C=O) groups is 3. The molecule has 0 saturated carbocycles. The van der Waals surface area contributed by atoms with Crippen LogP contribution in [0.4, 0.5) is 0 Å². The summed E-state index contributed by atoms with van der Waals surface area (Å²) in [6.45, 7) is 0.280. The van der Waals surface area contributed by atoms with Gasteiger partial charge < -0.3 is 4.90 Å². The van der Waals surface area contributed by atoms with Crippen LogP contribution in [-0.2, 0) is 15.1 Å². The van der Waals surface area contributed by atoms with Crippen molar-refractivity contribution in [2.75, 3.05) is 13.6 Å². The van der Waals surface area contributed by atoms with Gasteiger partial charge in [0.25, 0.3) is 5.91 Å². The average Bonchev–Trinajstić information content (AvgIpc) is 3.20. The predicted molar refractivity (Wildman–Crippen MR) is 89.5 cm³/mol. The summed E-state index contributed by atoms with van der Waals surface area (Å²) in [5.74, 6) is -1.54. The summed E-state index contributed by atoms with van der Waals surface area (Å²) < 4.78 is 0. The summed E-state index contributed by atoms with van der Waals surface area (Å²) in [7, 11) is 1.54. The molecule has 0 spiro atoms. The summed E-state index contributed by atoms with van der Waals surface area (Å²) in [6, 6.07) is 17.1. The fraction of sp³-hybridized carbons (Fsp3) is 0.250. The second kappa shape index (κ2) is 4.57. The van der Waals surface area contributed by atoms with Crippen LogP contribution in [-0.4, -0.2) is 41.1 Å². The molecule has 0 aromatic heterocycles. The standard InChI is InChI=1S/C20H16N2O3/c1-21-17(23)14-11-22-18(24)13-9-5-6-10-15(13)20(22,16(14)19(21)25)12-7-3-2-4-8-12/h2-10,14,16H,11H2,1H3/t14-,16+,20-/m0/s1. The molecule has 0 aliphatic carbocycles. The number of fused-ring (bicyclic) bond motifs is 5. The molecule has 5 nitrogen and oxygen atoms in total. The molecule has 25 heavy (non-hydrogen) atoms. The first-order valence-electron chi connectivity index (χ1n) is 8.37. The Hall–Kier alpha value is -2.95. The molecule has 124 valence electrons. The van der Waals surface area contributed by atoms with E-state index >= 15 is 0 Å². The summed E-state index contributed by atoms with van der Waals surface area (Å²) in [5.41, 5.74) is 1.45. The number of likely N-dealkylation sites (tertiary alicyclic amines) is 1. The zero-order chi connectivity index (χ0) is 17.3. The normalized spacial score (nSPS) is 29.9. The van der Waals surface area contributed by atoms with E-state index in [0.717, 1.165) is 11.1 Å². The van der Waals surface area contributed by atoms with Gasteiger partial charge in [-0.15, -0.1) is 0 Å². The molecule has 3 amide bonds. The molecule has 2 aromatic rings. The Morgan fingerprint density at radius 2 is 1.60 bits per heavy atom. The molecule has 3 heterocycles. The lowest BCUT2D eigenvalue weighted by molar-refractivity contribution is -0.139. The van der Waals surface area contributed by atoms with E-state index in [1.54, 1.807) is 11.0 Å². The molecular formula is C20H16N2O3. The Morgan fingerprint density at radius 1 is 0.920 bits per heavy atom. The summed E-state index contributed by atoms with van der Waals surface area (Å²) in [5, 5.41) is 0. The zero-order valence-electron chi connectivity index (χ0n) is 13.7. The monoisotopic (exact) mass is 332 g/mol. The summed E-state index contributed by atoms with van der Waals surface area (Å²) >= 11 is 0. The first-order valence-corrected chi connectivity index (χ1v) is 8.37. The Labute approximate surface area is 144 Å². The van der Waals surface area contributed by atoms with Crippen LogP contribution in [0.3, 0.4) is 0 Å². The van der Waals surface area contributed by atoms with Gasteiger partial charge in [-0.3, -0.25) is 19.3 Å². The number of amides is 3. The molecular weight excluding hydrogens is 316 g/mol. The van der Waals surface area contributed by atoms with Crippen molar-refractivity contribution < 1.29 is 14.4 Å². The molecule has 0 bridgehead atoms. The van der Waals surface area contributed by atoms with Crippen molar-refractivity contribution in [2.24, 2.45) is 11.8 Å². The van der Waals surface area contributed by atoms with Gasteiger partial charge in [-0.2, -0.15) is 0 Å². The molecule has 3 aliphatic heterocycles. The van der Waals surface area contributed by atoms with Crippen molar-refractivity contribution in [1.82, 2.24) is 9.80 Å². The fourth-order valence-electron chi connectivity index (χ4n) is 4.93. The fourth-order valence-corrected chi connectivity index (χ4v) is 4.93. The highest BCUT2D eigenvalue weighted by molar-refractivity contribution is 6.10. The molecule has 5 heteroatoms. The Balaban J connectivity index is 1.86. The Morgan fingerprint density at radius 3 is 2.36 bits per heavy atom. The molecule has 2 aromatic carbocycles. The van der Waals surface area contributed by atoms with Gasteiger partial charge in [0.15, 0.2) is 0 Å². The van der Waals surface area contributed by atoms with Gasteiger partial charge >= 0.3 is 0 Å². The van der Waals surface area contributed by atoms with Gasteiger partial charge in [0.1, 0.15) is 5.54 Å². The van der Waals surface area contributed by atoms with Gasteiger partial charge in [-0.25, -0.2) is 0 Å². The highest BCUT2D eigenvalue weighted by atomic mass is 16.2. The van der Waals surface area contributed by atoms with E-state index < -0.39 is 17.4 Å². The molecule has 3 aliphatic rings. The predicted octanol–water partition coefficient (Wildman–Crippen LogP) is 1.63. The summed E-state index contributed by atoms with van der Waals surface area (Å²) in [6.07, 6.45) is 0. The maximum Gasteiger partial charge on any atom is 0.255 e. The number of benzene rings is 2. The minimum atomic E-state index is -0.892. The average molecular weight is 332 g/mol. The van der Waals surface area contributed by atoms with E-state index in [0.29, 0.717) is 5.56 Å². The van der Waals surface area contributed by atoms with Crippen LogP contribution in [0, 0.1) is 11.8 Å². The lowest BCUT2D eigenvalue weighted by Gasteiger charge is -2.37. The zero-order valence-corrected chi connectivity index (χ0v) is 13.7. The van der Waals surface area contributed by atoms with Crippen molar-refractivity contribution >= 4 is 17.7 Å². The second-order valence-corrected chi connectivity index (χ2v) is 6.91. The Kier molecular flexibility index (Phi) is 2.63. The summed E-state index contributed by atoms with van der Waals surface area (Å²) in [4.78, 5) is 41.6. The van der Waals surface area contributed by atoms with Crippen molar-refractivity contribution in [3.8, 4) is 0 Å². The third-order valence-electron chi connectivity index (χ3n) is 5.93. The lowest BCUT2D eigenvalue weighted by atomic mass is 9.72. The van der Waals surface area contributed by atoms with Crippen LogP contribution in [0.5, 0.6) is 0 Å². The quantitative estimate of drug-likeness (QED) is 0.746. The maximum absolute atomic E-state index is 13.1. The first kappa shape index (κ1) is 14.4. The third-order valence-corrected chi connectivity index (χ3v) is 5.93. The molecule has 2 saturated heterocycles. The number of rotatable bonds is 1. The van der Waals surface area contributed by atoms with Crippen LogP contribution in [0.25, 0.3) is 0 Å². The number of carbonyl (C=O) groups excluding carboxylic acids is 3. The third kappa shape index (κ3) is 1.47. The van der Waals surface area contributed by atoms with Gasteiger partial charge in [0.2, 0.25) is 11.8 Å². The van der Waals surface area contributed by atoms with E-state index in [1.807, 2.05) is 48.5 Å². The molecule has 5 rings (SSSR count). The van der Waals surface area contributed by atoms with Crippen LogP contribution in [0.1, 0.15) is 21.5 Å². The van der Waals surface area contributed by atoms with Crippen molar-refractivity contribution in [1.29, 1.82) is 0 Å². The van der Waals surface area contributed by atoms with Crippen LogP contribution in [0.15, 0.2) is 54.6 Å². The number of nitrogens with zero attached hydrogens (tertiary/aromatic N) is 2. The van der Waals surface area contributed by atoms with Crippen molar-refractivity contribution in [3.63, 3.8) is 0 Å². The maximum atomic E-state index is 13.1. The first-order chi connectivity index (χ1) is 12.1. The van der Waals surface area contributed by atoms with Crippen molar-refractivity contribution in [2.45, 2.75) is 5.54 Å². The molecule has 3 atom stereocenters. The topological polar surface area (TPSA) is 57.7 Å². The minimum absolute atomic E-state index is 0.0999. The SMILES string of the molecule is CN1C(=O)[C@H]2CN3C(=O)c4ccccc4[C@@]3(c3ccccc3)[C@H]2C1=O.